The van der Waals surface area contributed by atoms with Crippen molar-refractivity contribution in [3.8, 4) is 0 Å². The Balaban J connectivity index is 4.31. The van der Waals surface area contributed by atoms with Gasteiger partial charge in [0.15, 0.2) is 6.10 Å². The van der Waals surface area contributed by atoms with Crippen molar-refractivity contribution in [2.24, 2.45) is 0 Å². The molecule has 0 radical (unpaired) electrons. The van der Waals surface area contributed by atoms with Gasteiger partial charge in [-0.25, -0.2) is 0 Å². The highest BCUT2D eigenvalue weighted by Crippen LogP contribution is 2.15. The van der Waals surface area contributed by atoms with Gasteiger partial charge >= 0.3 is 17.9 Å². The van der Waals surface area contributed by atoms with Crippen LogP contribution in [0.25, 0.3) is 0 Å². The number of hydrogen-bond donors (Lipinski definition) is 0. The molecule has 0 fully saturated rings. The fourth-order valence-corrected chi connectivity index (χ4v) is 6.37. The minimum Gasteiger partial charge on any atom is -0.462 e. The summed E-state index contributed by atoms with van der Waals surface area (Å²) in [5.74, 6) is -1.05. The zero-order valence-electron chi connectivity index (χ0n) is 36.2. The van der Waals surface area contributed by atoms with E-state index in [0.717, 1.165) is 77.0 Å². The summed E-state index contributed by atoms with van der Waals surface area (Å²) in [7, 11) is 0. The SMILES string of the molecule is CC/C=C\C/C=C\C/C=C\CC(=O)OCC(COC(=O)CCCCCCCCCCCCCCCCCCCC)OC(=O)CCCCCC/C=C\CCCC. The minimum atomic E-state index is -0.808. The van der Waals surface area contributed by atoms with E-state index >= 15 is 0 Å². The normalized spacial score (nSPS) is 12.4. The van der Waals surface area contributed by atoms with E-state index in [1.54, 1.807) is 6.08 Å². The molecule has 0 bridgehead atoms. The van der Waals surface area contributed by atoms with Gasteiger partial charge in [0.05, 0.1) is 6.42 Å². The lowest BCUT2D eigenvalue weighted by Gasteiger charge is -2.18. The van der Waals surface area contributed by atoms with E-state index < -0.39 is 12.1 Å². The van der Waals surface area contributed by atoms with Crippen LogP contribution in [0.4, 0.5) is 0 Å². The summed E-state index contributed by atoms with van der Waals surface area (Å²) in [5, 5.41) is 0. The van der Waals surface area contributed by atoms with Crippen molar-refractivity contribution in [2.45, 2.75) is 232 Å². The van der Waals surface area contributed by atoms with Gasteiger partial charge in [-0.15, -0.1) is 0 Å². The van der Waals surface area contributed by atoms with Crippen LogP contribution in [-0.4, -0.2) is 37.2 Å². The third-order valence-electron chi connectivity index (χ3n) is 9.85. The van der Waals surface area contributed by atoms with E-state index in [0.29, 0.717) is 12.8 Å². The highest BCUT2D eigenvalue weighted by molar-refractivity contribution is 5.72. The fraction of sp³-hybridized carbons (Fsp3) is 0.776. The van der Waals surface area contributed by atoms with Gasteiger partial charge in [0.1, 0.15) is 13.2 Å². The largest absolute Gasteiger partial charge is 0.462 e. The number of carbonyl (C=O) groups is 3. The first-order chi connectivity index (χ1) is 27.0. The molecule has 0 saturated carbocycles. The zero-order chi connectivity index (χ0) is 40.1. The van der Waals surface area contributed by atoms with E-state index in [2.05, 4.69) is 57.2 Å². The van der Waals surface area contributed by atoms with Crippen LogP contribution in [-0.2, 0) is 28.6 Å². The van der Waals surface area contributed by atoms with Crippen LogP contribution in [0.1, 0.15) is 226 Å². The molecule has 0 rings (SSSR count). The summed E-state index contributed by atoms with van der Waals surface area (Å²) in [4.78, 5) is 37.6. The number of rotatable bonds is 41. The minimum absolute atomic E-state index is 0.103. The molecule has 6 heteroatoms. The molecule has 0 aliphatic carbocycles. The third kappa shape index (κ3) is 42.4. The second-order valence-electron chi connectivity index (χ2n) is 15.3. The van der Waals surface area contributed by atoms with Gasteiger partial charge in [-0.3, -0.25) is 14.4 Å². The summed E-state index contributed by atoms with van der Waals surface area (Å²) in [6.07, 6.45) is 51.4. The Labute approximate surface area is 339 Å². The van der Waals surface area contributed by atoms with Crippen LogP contribution in [0.3, 0.4) is 0 Å². The Morgan fingerprint density at radius 2 is 0.800 bits per heavy atom. The van der Waals surface area contributed by atoms with Crippen LogP contribution >= 0.6 is 0 Å². The molecule has 0 spiro atoms. The average Bonchev–Trinajstić information content (AvgIpc) is 3.18. The molecule has 0 saturated heterocycles. The maximum Gasteiger partial charge on any atom is 0.309 e. The molecule has 1 atom stereocenters. The monoisotopic (exact) mass is 771 g/mol. The number of allylic oxidation sites excluding steroid dienone is 7. The summed E-state index contributed by atoms with van der Waals surface area (Å²) in [6.45, 7) is 6.37. The Hall–Kier alpha value is -2.63. The van der Waals surface area contributed by atoms with Crippen molar-refractivity contribution >= 4 is 17.9 Å². The second kappa shape index (κ2) is 44.1. The van der Waals surface area contributed by atoms with Gasteiger partial charge in [0, 0.05) is 12.8 Å². The van der Waals surface area contributed by atoms with E-state index in [-0.39, 0.29) is 31.6 Å². The van der Waals surface area contributed by atoms with Crippen LogP contribution in [0.5, 0.6) is 0 Å². The number of carbonyl (C=O) groups excluding carboxylic acids is 3. The molecule has 318 valence electrons. The van der Waals surface area contributed by atoms with E-state index in [4.69, 9.17) is 14.2 Å². The topological polar surface area (TPSA) is 78.9 Å². The van der Waals surface area contributed by atoms with Gasteiger partial charge in [0.25, 0.3) is 0 Å². The maximum atomic E-state index is 12.7. The van der Waals surface area contributed by atoms with Crippen LogP contribution < -0.4 is 0 Å². The molecule has 0 aromatic rings. The van der Waals surface area contributed by atoms with Crippen molar-refractivity contribution in [1.82, 2.24) is 0 Å². The van der Waals surface area contributed by atoms with Crippen molar-refractivity contribution in [2.75, 3.05) is 13.2 Å². The molecular weight excluding hydrogens is 685 g/mol. The van der Waals surface area contributed by atoms with Crippen LogP contribution in [0, 0.1) is 0 Å². The summed E-state index contributed by atoms with van der Waals surface area (Å²) in [5.41, 5.74) is 0. The predicted molar refractivity (Wildman–Crippen MR) is 233 cm³/mol. The lowest BCUT2D eigenvalue weighted by atomic mass is 10.0. The van der Waals surface area contributed by atoms with Crippen molar-refractivity contribution in [3.05, 3.63) is 48.6 Å². The summed E-state index contributed by atoms with van der Waals surface area (Å²) in [6, 6.07) is 0. The molecule has 6 nitrogen and oxygen atoms in total. The molecular formula is C49H86O6. The molecule has 0 aromatic carbocycles. The molecule has 55 heavy (non-hydrogen) atoms. The maximum absolute atomic E-state index is 12.7. The van der Waals surface area contributed by atoms with Gasteiger partial charge in [-0.1, -0.05) is 204 Å². The summed E-state index contributed by atoms with van der Waals surface area (Å²) < 4.78 is 16.6. The highest BCUT2D eigenvalue weighted by atomic mass is 16.6. The fourth-order valence-electron chi connectivity index (χ4n) is 6.37. The van der Waals surface area contributed by atoms with E-state index in [1.807, 2.05) is 6.08 Å². The molecule has 0 aromatic heterocycles. The number of hydrogen-bond acceptors (Lipinski definition) is 6. The predicted octanol–water partition coefficient (Wildman–Crippen LogP) is 14.8. The van der Waals surface area contributed by atoms with E-state index in [1.165, 1.54) is 109 Å². The molecule has 0 aliphatic heterocycles. The van der Waals surface area contributed by atoms with Crippen molar-refractivity contribution in [1.29, 1.82) is 0 Å². The van der Waals surface area contributed by atoms with Crippen molar-refractivity contribution in [3.63, 3.8) is 0 Å². The Kier molecular flexibility index (Phi) is 42.0. The zero-order valence-corrected chi connectivity index (χ0v) is 36.2. The quantitative estimate of drug-likeness (QED) is 0.0267. The molecule has 0 aliphatic rings. The second-order valence-corrected chi connectivity index (χ2v) is 15.3. The molecule has 0 heterocycles. The first-order valence-corrected chi connectivity index (χ1v) is 23.1. The van der Waals surface area contributed by atoms with Gasteiger partial charge < -0.3 is 14.2 Å². The third-order valence-corrected chi connectivity index (χ3v) is 9.85. The average molecular weight is 771 g/mol. The number of unbranched alkanes of at least 4 members (excludes halogenated alkanes) is 23. The summed E-state index contributed by atoms with van der Waals surface area (Å²) >= 11 is 0. The lowest BCUT2D eigenvalue weighted by molar-refractivity contribution is -0.166. The van der Waals surface area contributed by atoms with Crippen LogP contribution in [0.15, 0.2) is 48.6 Å². The Morgan fingerprint density at radius 1 is 0.400 bits per heavy atom. The Morgan fingerprint density at radius 3 is 1.31 bits per heavy atom. The van der Waals surface area contributed by atoms with Crippen molar-refractivity contribution < 1.29 is 28.6 Å². The van der Waals surface area contributed by atoms with Gasteiger partial charge in [-0.05, 0) is 51.4 Å². The molecule has 0 N–H and O–H groups in total. The lowest BCUT2D eigenvalue weighted by Crippen LogP contribution is -2.30. The van der Waals surface area contributed by atoms with Gasteiger partial charge in [0.2, 0.25) is 0 Å². The number of esters is 3. The smallest absolute Gasteiger partial charge is 0.309 e. The standard InChI is InChI=1S/C49H86O6/c1-4-7-10-13-16-19-21-22-23-24-25-26-27-28-31-33-36-39-42-48(51)54-45-46(44-53-47(50)41-38-35-32-29-18-15-12-9-6-3)55-49(52)43-40-37-34-30-20-17-14-11-8-5-2/h9,12,14,17-18,29,35,38,46H,4-8,10-11,13,15-16,19-28,30-34,36-37,39-45H2,1-3H3/b12-9-,17-14-,29-18-,38-35-. The highest BCUT2D eigenvalue weighted by Gasteiger charge is 2.19. The van der Waals surface area contributed by atoms with E-state index in [9.17, 15) is 14.4 Å². The van der Waals surface area contributed by atoms with Crippen LogP contribution in [0.2, 0.25) is 0 Å². The first kappa shape index (κ1) is 52.4. The first-order valence-electron chi connectivity index (χ1n) is 23.1. The molecule has 0 amide bonds. The molecule has 1 unspecified atom stereocenters. The van der Waals surface area contributed by atoms with Gasteiger partial charge in [-0.2, -0.15) is 0 Å². The Bertz CT molecular complexity index is 980. The number of ether oxygens (including phenoxy) is 3.